The van der Waals surface area contributed by atoms with E-state index in [1.807, 2.05) is 40.9 Å². The second-order valence-corrected chi connectivity index (χ2v) is 13.1. The second-order valence-electron chi connectivity index (χ2n) is 12.2. The third-order valence-electron chi connectivity index (χ3n) is 8.54. The number of aryl methyl sites for hydroxylation is 2. The number of aliphatic imine (C=N–C) groups is 1. The van der Waals surface area contributed by atoms with Crippen molar-refractivity contribution in [2.75, 3.05) is 14.1 Å². The molecular weight excluding hydrogens is 679 g/mol. The lowest BCUT2D eigenvalue weighted by Crippen LogP contribution is -2.46. The second kappa shape index (κ2) is 13.2. The highest BCUT2D eigenvalue weighted by atomic mass is 79.9. The number of hydrogen-bond acceptors (Lipinski definition) is 7. The van der Waals surface area contributed by atoms with Crippen LogP contribution in [0.4, 0.5) is 13.2 Å². The van der Waals surface area contributed by atoms with Crippen molar-refractivity contribution in [3.8, 4) is 5.95 Å². The molecule has 1 aromatic carbocycles. The maximum atomic E-state index is 14.2. The minimum atomic E-state index is -4.64. The van der Waals surface area contributed by atoms with E-state index in [2.05, 4.69) is 37.5 Å². The van der Waals surface area contributed by atoms with Gasteiger partial charge in [-0.25, -0.2) is 19.2 Å². The first-order valence-corrected chi connectivity index (χ1v) is 16.0. The first-order chi connectivity index (χ1) is 22.1. The Morgan fingerprint density at radius 3 is 2.51 bits per heavy atom. The molecule has 1 fully saturated rings. The normalized spacial score (nSPS) is 20.0. The van der Waals surface area contributed by atoms with Crippen molar-refractivity contribution >= 4 is 33.7 Å². The first-order valence-electron chi connectivity index (χ1n) is 15.2. The molecule has 0 bridgehead atoms. The van der Waals surface area contributed by atoms with Gasteiger partial charge in [-0.2, -0.15) is 18.3 Å². The molecule has 1 aliphatic heterocycles. The van der Waals surface area contributed by atoms with Crippen molar-refractivity contribution < 1.29 is 22.7 Å². The van der Waals surface area contributed by atoms with Crippen molar-refractivity contribution in [2.24, 2.45) is 4.99 Å². The molecule has 5 rings (SSSR count). The zero-order valence-electron chi connectivity index (χ0n) is 27.1. The van der Waals surface area contributed by atoms with Crippen LogP contribution in [0.2, 0.25) is 0 Å². The summed E-state index contributed by atoms with van der Waals surface area (Å²) in [6, 6.07) is 5.17. The summed E-state index contributed by atoms with van der Waals surface area (Å²) in [5, 5.41) is 4.54. The van der Waals surface area contributed by atoms with Crippen molar-refractivity contribution in [3.05, 3.63) is 91.4 Å². The van der Waals surface area contributed by atoms with E-state index in [4.69, 9.17) is 9.72 Å². The minimum absolute atomic E-state index is 0.0435. The maximum Gasteiger partial charge on any atom is 0.417 e. The van der Waals surface area contributed by atoms with Crippen LogP contribution in [-0.4, -0.2) is 73.5 Å². The lowest BCUT2D eigenvalue weighted by molar-refractivity contribution is -0.138. The van der Waals surface area contributed by atoms with Gasteiger partial charge in [0.25, 0.3) is 11.5 Å². The molecule has 0 spiro atoms. The Balaban J connectivity index is 1.49. The summed E-state index contributed by atoms with van der Waals surface area (Å²) in [6.45, 7) is 11.2. The van der Waals surface area contributed by atoms with Gasteiger partial charge in [0.15, 0.2) is 0 Å². The van der Waals surface area contributed by atoms with Crippen LogP contribution in [0.1, 0.15) is 65.3 Å². The van der Waals surface area contributed by atoms with Gasteiger partial charge in [0.05, 0.1) is 35.4 Å². The van der Waals surface area contributed by atoms with Crippen molar-refractivity contribution in [2.45, 2.75) is 77.9 Å². The molecule has 2 aromatic heterocycles. The Morgan fingerprint density at radius 1 is 1.21 bits per heavy atom. The fraction of sp³-hybridized carbons (Fsp3) is 0.424. The first kappa shape index (κ1) is 34.3. The van der Waals surface area contributed by atoms with Gasteiger partial charge < -0.3 is 14.5 Å². The van der Waals surface area contributed by atoms with Crippen LogP contribution in [0.15, 0.2) is 57.1 Å². The Hall–Kier alpha value is -4.04. The van der Waals surface area contributed by atoms with E-state index in [9.17, 15) is 22.8 Å². The number of rotatable bonds is 8. The lowest BCUT2D eigenvalue weighted by Gasteiger charge is -2.39. The number of carbonyl (C=O) groups excluding carboxylic acids is 1. The Bertz CT molecular complexity index is 1840. The zero-order valence-corrected chi connectivity index (χ0v) is 28.7. The molecule has 1 saturated carbocycles. The standard InChI is InChI=1S/C33H37BrF3N7O3/c1-8-29(47-24-14-23(15-24)41(6)7)38-16-21(5)43-31(46)25-12-19(3)42(17-28(25)39-32(43)44-20(4)11-18(2)40-44)30(45)22-9-10-27(34)26(13-22)33(35,36)37/h8-11,13,16,19,23-24H,5,12,14-15,17H2,1-4,6-7H3/b29-8+,38-16-/t19-,23-,24+/m1/s1. The molecule has 0 saturated heterocycles. The van der Waals surface area contributed by atoms with Crippen LogP contribution < -0.4 is 5.56 Å². The molecule has 1 aliphatic carbocycles. The van der Waals surface area contributed by atoms with Gasteiger partial charge in [0.2, 0.25) is 11.8 Å². The molecule has 0 unspecified atom stereocenters. The Morgan fingerprint density at radius 2 is 1.91 bits per heavy atom. The van der Waals surface area contributed by atoms with E-state index in [0.29, 0.717) is 34.6 Å². The summed E-state index contributed by atoms with van der Waals surface area (Å²) < 4.78 is 49.5. The number of aromatic nitrogens is 4. The highest BCUT2D eigenvalue weighted by Gasteiger charge is 2.36. The summed E-state index contributed by atoms with van der Waals surface area (Å²) >= 11 is 2.93. The fourth-order valence-corrected chi connectivity index (χ4v) is 6.26. The highest BCUT2D eigenvalue weighted by molar-refractivity contribution is 9.10. The van der Waals surface area contributed by atoms with E-state index in [1.54, 1.807) is 13.0 Å². The molecule has 0 radical (unpaired) electrons. The summed E-state index contributed by atoms with van der Waals surface area (Å²) in [6.07, 6.45) is 0.515. The van der Waals surface area contributed by atoms with Gasteiger partial charge in [-0.3, -0.25) is 9.59 Å². The number of amides is 1. The summed E-state index contributed by atoms with van der Waals surface area (Å²) in [5.41, 5.74) is 0.880. The van der Waals surface area contributed by atoms with Crippen molar-refractivity contribution in [3.63, 3.8) is 0 Å². The summed E-state index contributed by atoms with van der Waals surface area (Å²) in [7, 11) is 4.08. The fourth-order valence-electron chi connectivity index (χ4n) is 5.79. The van der Waals surface area contributed by atoms with Crippen LogP contribution in [0.3, 0.4) is 0 Å². The van der Waals surface area contributed by atoms with Gasteiger partial charge in [0, 0.05) is 46.2 Å². The predicted octanol–water partition coefficient (Wildman–Crippen LogP) is 5.93. The number of nitrogens with zero attached hydrogens (tertiary/aromatic N) is 7. The highest BCUT2D eigenvalue weighted by Crippen LogP contribution is 2.36. The van der Waals surface area contributed by atoms with E-state index in [-0.39, 0.29) is 40.8 Å². The largest absolute Gasteiger partial charge is 0.474 e. The molecule has 0 N–H and O–H groups in total. The molecule has 1 atom stereocenters. The SMILES string of the molecule is C=C(/C=N\C(=C/C)O[C@H]1C[C@@H](N(C)C)C1)n1c(-n2nc(C)cc2C)nc2c(c1=O)C[C@@H](C)N(C(=O)c1ccc(Br)c(C(F)(F)F)c1)C2. The molecule has 250 valence electrons. The smallest absolute Gasteiger partial charge is 0.417 e. The maximum absolute atomic E-state index is 14.2. The summed E-state index contributed by atoms with van der Waals surface area (Å²) in [5.74, 6) is -0.0421. The Kier molecular flexibility index (Phi) is 9.65. The van der Waals surface area contributed by atoms with Crippen molar-refractivity contribution in [1.29, 1.82) is 0 Å². The van der Waals surface area contributed by atoms with E-state index in [0.717, 1.165) is 18.9 Å². The van der Waals surface area contributed by atoms with Gasteiger partial charge in [-0.1, -0.05) is 22.5 Å². The number of allylic oxidation sites excluding steroid dienone is 2. The van der Waals surface area contributed by atoms with Crippen LogP contribution in [0.25, 0.3) is 11.6 Å². The number of fused-ring (bicyclic) bond motifs is 1. The molecule has 1 amide bonds. The third kappa shape index (κ3) is 6.98. The average Bonchev–Trinajstić information content (AvgIpc) is 3.32. The zero-order chi connectivity index (χ0) is 34.4. The van der Waals surface area contributed by atoms with Gasteiger partial charge in [-0.05, 0) is 78.6 Å². The van der Waals surface area contributed by atoms with E-state index in [1.165, 1.54) is 32.5 Å². The number of benzene rings is 1. The molecule has 2 aliphatic rings. The van der Waals surface area contributed by atoms with Crippen LogP contribution in [0.5, 0.6) is 0 Å². The van der Waals surface area contributed by atoms with Crippen LogP contribution in [-0.2, 0) is 23.9 Å². The monoisotopic (exact) mass is 715 g/mol. The molecule has 14 heteroatoms. The Labute approximate surface area is 279 Å². The molecular formula is C33H37BrF3N7O3. The van der Waals surface area contributed by atoms with E-state index >= 15 is 0 Å². The average molecular weight is 717 g/mol. The predicted molar refractivity (Wildman–Crippen MR) is 176 cm³/mol. The third-order valence-corrected chi connectivity index (χ3v) is 9.23. The van der Waals surface area contributed by atoms with Crippen LogP contribution in [0, 0.1) is 13.8 Å². The summed E-state index contributed by atoms with van der Waals surface area (Å²) in [4.78, 5) is 40.7. The number of hydrogen-bond donors (Lipinski definition) is 0. The lowest BCUT2D eigenvalue weighted by atomic mass is 9.88. The van der Waals surface area contributed by atoms with Gasteiger partial charge in [-0.15, -0.1) is 0 Å². The number of alkyl halides is 3. The topological polar surface area (TPSA) is 97.8 Å². The van der Waals surface area contributed by atoms with E-state index < -0.39 is 29.2 Å². The van der Waals surface area contributed by atoms with Crippen LogP contribution >= 0.6 is 15.9 Å². The quantitative estimate of drug-likeness (QED) is 0.212. The molecule has 47 heavy (non-hydrogen) atoms. The number of halogens is 4. The van der Waals surface area contributed by atoms with Gasteiger partial charge in [0.1, 0.15) is 6.10 Å². The number of carbonyl (C=O) groups is 1. The molecule has 3 heterocycles. The molecule has 3 aromatic rings. The van der Waals surface area contributed by atoms with Gasteiger partial charge >= 0.3 is 6.18 Å². The minimum Gasteiger partial charge on any atom is -0.474 e. The number of ether oxygens (including phenoxy) is 1. The van der Waals surface area contributed by atoms with Crippen molar-refractivity contribution in [1.82, 2.24) is 29.1 Å². The molecule has 10 nitrogen and oxygen atoms in total.